The number of nitrogens with one attached hydrogen (secondary N) is 1. The lowest BCUT2D eigenvalue weighted by atomic mass is 9.97. The fourth-order valence-corrected chi connectivity index (χ4v) is 4.22. The van der Waals surface area contributed by atoms with E-state index in [4.69, 9.17) is 11.6 Å². The van der Waals surface area contributed by atoms with Crippen LogP contribution < -0.4 is 15.8 Å². The van der Waals surface area contributed by atoms with Gasteiger partial charge in [0.2, 0.25) is 0 Å². The van der Waals surface area contributed by atoms with E-state index in [0.717, 1.165) is 35.7 Å². The highest BCUT2D eigenvalue weighted by Gasteiger charge is 2.31. The molecular weight excluding hydrogens is 386 g/mol. The van der Waals surface area contributed by atoms with Crippen LogP contribution in [0.15, 0.2) is 53.3 Å². The van der Waals surface area contributed by atoms with Crippen molar-refractivity contribution in [2.45, 2.75) is 18.5 Å². The van der Waals surface area contributed by atoms with Crippen molar-refractivity contribution in [2.24, 2.45) is 7.05 Å². The number of aryl methyl sites for hydroxylation is 1. The zero-order chi connectivity index (χ0) is 20.5. The lowest BCUT2D eigenvalue weighted by Gasteiger charge is -2.43. The van der Waals surface area contributed by atoms with E-state index in [0.29, 0.717) is 5.39 Å². The molecule has 2 aromatic carbocycles. The monoisotopic (exact) mass is 411 g/mol. The molecule has 1 unspecified atom stereocenters. The van der Waals surface area contributed by atoms with Crippen molar-refractivity contribution >= 4 is 33.9 Å². The van der Waals surface area contributed by atoms with Gasteiger partial charge in [0, 0.05) is 48.3 Å². The van der Waals surface area contributed by atoms with Gasteiger partial charge < -0.3 is 15.1 Å². The molecule has 2 atom stereocenters. The van der Waals surface area contributed by atoms with Gasteiger partial charge in [-0.1, -0.05) is 29.8 Å². The Labute approximate surface area is 175 Å². The Balaban J connectivity index is 1.61. The number of rotatable bonds is 4. The van der Waals surface area contributed by atoms with Crippen molar-refractivity contribution in [3.05, 3.63) is 63.9 Å². The van der Waals surface area contributed by atoms with Gasteiger partial charge in [-0.2, -0.15) is 5.10 Å². The van der Waals surface area contributed by atoms with E-state index in [1.54, 1.807) is 7.05 Å². The van der Waals surface area contributed by atoms with E-state index in [1.165, 1.54) is 10.4 Å². The molecule has 152 valence electrons. The first kappa shape index (κ1) is 19.7. The minimum atomic E-state index is -0.0760. The quantitative estimate of drug-likeness (QED) is 0.714. The first-order chi connectivity index (χ1) is 13.9. The molecular formula is C22H26ClN5O. The second-order valence-electron chi connectivity index (χ2n) is 7.82. The molecule has 0 amide bonds. The SMILES string of the molecule is CN(C)C1CN(c2ccc(Cl)cc2)CC[C@@H]1Nc1nn(C)c(=O)c2ccccc12. The third-order valence-electron chi connectivity index (χ3n) is 5.72. The van der Waals surface area contributed by atoms with Crippen LogP contribution in [0.2, 0.25) is 5.02 Å². The van der Waals surface area contributed by atoms with Crippen LogP contribution in [-0.4, -0.2) is 53.9 Å². The highest BCUT2D eigenvalue weighted by molar-refractivity contribution is 6.30. The van der Waals surface area contributed by atoms with Gasteiger partial charge >= 0.3 is 0 Å². The average molecular weight is 412 g/mol. The normalized spacial score (nSPS) is 19.7. The number of likely N-dealkylation sites (N-methyl/N-ethyl adjacent to an activating group) is 1. The molecule has 7 heteroatoms. The number of fused-ring (bicyclic) bond motifs is 1. The largest absolute Gasteiger partial charge is 0.370 e. The van der Waals surface area contributed by atoms with Gasteiger partial charge in [-0.25, -0.2) is 4.68 Å². The first-order valence-electron chi connectivity index (χ1n) is 9.83. The molecule has 2 heterocycles. The average Bonchev–Trinajstić information content (AvgIpc) is 2.72. The Morgan fingerprint density at radius 1 is 1.10 bits per heavy atom. The van der Waals surface area contributed by atoms with E-state index in [1.807, 2.05) is 36.4 Å². The summed E-state index contributed by atoms with van der Waals surface area (Å²) in [5.41, 5.74) is 1.11. The molecule has 1 aliphatic heterocycles. The summed E-state index contributed by atoms with van der Waals surface area (Å²) in [5, 5.41) is 10.5. The van der Waals surface area contributed by atoms with E-state index in [9.17, 15) is 4.79 Å². The Morgan fingerprint density at radius 2 is 1.79 bits per heavy atom. The minimum Gasteiger partial charge on any atom is -0.370 e. The maximum atomic E-state index is 12.4. The van der Waals surface area contributed by atoms with Crippen LogP contribution in [0.5, 0.6) is 0 Å². The molecule has 1 aromatic heterocycles. The maximum Gasteiger partial charge on any atom is 0.274 e. The zero-order valence-electron chi connectivity index (χ0n) is 17.0. The summed E-state index contributed by atoms with van der Waals surface area (Å²) < 4.78 is 1.41. The number of anilines is 2. The molecule has 0 bridgehead atoms. The van der Waals surface area contributed by atoms with Crippen molar-refractivity contribution in [3.8, 4) is 0 Å². The molecule has 1 fully saturated rings. The van der Waals surface area contributed by atoms with Gasteiger partial charge in [0.15, 0.2) is 5.82 Å². The molecule has 6 nitrogen and oxygen atoms in total. The van der Waals surface area contributed by atoms with E-state index >= 15 is 0 Å². The fraction of sp³-hybridized carbons (Fsp3) is 0.364. The number of hydrogen-bond donors (Lipinski definition) is 1. The maximum absolute atomic E-state index is 12.4. The Hall–Kier alpha value is -2.57. The number of benzene rings is 2. The number of hydrogen-bond acceptors (Lipinski definition) is 5. The molecule has 29 heavy (non-hydrogen) atoms. The van der Waals surface area contributed by atoms with Crippen LogP contribution in [0.1, 0.15) is 6.42 Å². The van der Waals surface area contributed by atoms with Gasteiger partial charge in [-0.3, -0.25) is 4.79 Å². The van der Waals surface area contributed by atoms with Crippen LogP contribution in [-0.2, 0) is 7.05 Å². The molecule has 0 saturated carbocycles. The summed E-state index contributed by atoms with van der Waals surface area (Å²) >= 11 is 6.05. The number of nitrogens with zero attached hydrogens (tertiary/aromatic N) is 4. The van der Waals surface area contributed by atoms with Crippen molar-refractivity contribution in [1.82, 2.24) is 14.7 Å². The molecule has 4 rings (SSSR count). The van der Waals surface area contributed by atoms with Crippen molar-refractivity contribution in [1.29, 1.82) is 0 Å². The highest BCUT2D eigenvalue weighted by Crippen LogP contribution is 2.27. The van der Waals surface area contributed by atoms with E-state index in [-0.39, 0.29) is 17.6 Å². The third kappa shape index (κ3) is 3.95. The van der Waals surface area contributed by atoms with Crippen molar-refractivity contribution in [2.75, 3.05) is 37.4 Å². The summed E-state index contributed by atoms with van der Waals surface area (Å²) in [7, 11) is 5.92. The summed E-state index contributed by atoms with van der Waals surface area (Å²) in [6.07, 6.45) is 0.963. The van der Waals surface area contributed by atoms with Crippen LogP contribution in [0.3, 0.4) is 0 Å². The van der Waals surface area contributed by atoms with Crippen LogP contribution >= 0.6 is 11.6 Å². The van der Waals surface area contributed by atoms with Crippen LogP contribution in [0.4, 0.5) is 11.5 Å². The second-order valence-corrected chi connectivity index (χ2v) is 8.25. The Morgan fingerprint density at radius 3 is 2.48 bits per heavy atom. The van der Waals surface area contributed by atoms with Crippen molar-refractivity contribution in [3.63, 3.8) is 0 Å². The van der Waals surface area contributed by atoms with Gasteiger partial charge in [-0.05, 0) is 50.8 Å². The van der Waals surface area contributed by atoms with E-state index < -0.39 is 0 Å². The number of aromatic nitrogens is 2. The highest BCUT2D eigenvalue weighted by atomic mass is 35.5. The molecule has 0 aliphatic carbocycles. The molecule has 0 radical (unpaired) electrons. The van der Waals surface area contributed by atoms with Gasteiger partial charge in [0.05, 0.1) is 5.39 Å². The molecule has 0 spiro atoms. The lowest BCUT2D eigenvalue weighted by molar-refractivity contribution is 0.239. The van der Waals surface area contributed by atoms with Crippen LogP contribution in [0.25, 0.3) is 10.8 Å². The summed E-state index contributed by atoms with van der Waals surface area (Å²) in [6, 6.07) is 16.2. The van der Waals surface area contributed by atoms with Crippen molar-refractivity contribution < 1.29 is 0 Å². The molecule has 3 aromatic rings. The Kier molecular flexibility index (Phi) is 5.48. The molecule has 1 N–H and O–H groups in total. The van der Waals surface area contributed by atoms with E-state index in [2.05, 4.69) is 46.4 Å². The Bertz CT molecular complexity index is 1060. The predicted octanol–water partition coefficient (Wildman–Crippen LogP) is 3.21. The summed E-state index contributed by atoms with van der Waals surface area (Å²) in [5.74, 6) is 0.763. The third-order valence-corrected chi connectivity index (χ3v) is 5.97. The first-order valence-corrected chi connectivity index (χ1v) is 10.2. The summed E-state index contributed by atoms with van der Waals surface area (Å²) in [6.45, 7) is 1.84. The smallest absolute Gasteiger partial charge is 0.274 e. The minimum absolute atomic E-state index is 0.0760. The second kappa shape index (κ2) is 8.05. The standard InChI is InChI=1S/C22H26ClN5O/c1-26(2)20-14-28(16-10-8-15(23)9-11-16)13-12-19(20)24-21-17-6-4-5-7-18(17)22(29)27(3)25-21/h4-11,19-20H,12-14H2,1-3H3,(H,24,25)/t19-,20?/m0/s1. The van der Waals surface area contributed by atoms with Gasteiger partial charge in [0.1, 0.15) is 0 Å². The van der Waals surface area contributed by atoms with Gasteiger partial charge in [-0.15, -0.1) is 0 Å². The molecule has 1 saturated heterocycles. The zero-order valence-corrected chi connectivity index (χ0v) is 17.7. The number of halogens is 1. The fourth-order valence-electron chi connectivity index (χ4n) is 4.09. The topological polar surface area (TPSA) is 53.4 Å². The van der Waals surface area contributed by atoms with Gasteiger partial charge in [0.25, 0.3) is 5.56 Å². The lowest BCUT2D eigenvalue weighted by Crippen LogP contribution is -2.56. The predicted molar refractivity (Wildman–Crippen MR) is 120 cm³/mol. The number of piperidine rings is 1. The molecule has 1 aliphatic rings. The van der Waals surface area contributed by atoms with Crippen LogP contribution in [0, 0.1) is 0 Å². The summed E-state index contributed by atoms with van der Waals surface area (Å²) in [4.78, 5) is 17.1.